The molecule has 1 N–H and O–H groups in total. The smallest absolute Gasteiger partial charge is 0.251 e. The van der Waals surface area contributed by atoms with Crippen LogP contribution in [-0.2, 0) is 24.4 Å². The fraction of sp³-hybridized carbons (Fsp3) is 0.450. The molecule has 0 bridgehead atoms. The van der Waals surface area contributed by atoms with Crippen molar-refractivity contribution in [3.05, 3.63) is 47.3 Å². The average molecular weight is 369 g/mol. The Morgan fingerprint density at radius 3 is 2.70 bits per heavy atom. The van der Waals surface area contributed by atoms with Gasteiger partial charge in [0.05, 0.1) is 31.0 Å². The molecule has 7 heteroatoms. The second-order valence-electron chi connectivity index (χ2n) is 7.39. The van der Waals surface area contributed by atoms with Crippen LogP contribution in [0.15, 0.2) is 30.3 Å². The zero-order chi connectivity index (χ0) is 19.6. The van der Waals surface area contributed by atoms with Gasteiger partial charge < -0.3 is 15.1 Å². The molecular weight excluding hydrogens is 342 g/mol. The van der Waals surface area contributed by atoms with E-state index in [1.54, 1.807) is 6.07 Å². The molecule has 0 aliphatic carbocycles. The number of aromatic nitrogens is 2. The number of carbonyl (C=O) groups excluding carboxylic acids is 2. The van der Waals surface area contributed by atoms with Crippen LogP contribution in [0.2, 0.25) is 0 Å². The maximum Gasteiger partial charge on any atom is 0.251 e. The topological polar surface area (TPSA) is 70.5 Å². The van der Waals surface area contributed by atoms with Crippen LogP contribution in [0.1, 0.15) is 35.6 Å². The van der Waals surface area contributed by atoms with Crippen molar-refractivity contribution < 1.29 is 9.59 Å². The average Bonchev–Trinajstić information content (AvgIpc) is 3.07. The van der Waals surface area contributed by atoms with Gasteiger partial charge in [-0.25, -0.2) is 0 Å². The molecule has 27 heavy (non-hydrogen) atoms. The lowest BCUT2D eigenvalue weighted by molar-refractivity contribution is -0.136. The van der Waals surface area contributed by atoms with Crippen molar-refractivity contribution in [2.45, 2.75) is 33.5 Å². The summed E-state index contributed by atoms with van der Waals surface area (Å²) in [7, 11) is 3.89. The predicted molar refractivity (Wildman–Crippen MR) is 104 cm³/mol. The first-order chi connectivity index (χ1) is 12.8. The van der Waals surface area contributed by atoms with E-state index in [4.69, 9.17) is 0 Å². The first kappa shape index (κ1) is 18.9. The van der Waals surface area contributed by atoms with E-state index in [-0.39, 0.29) is 17.7 Å². The minimum absolute atomic E-state index is 0.00356. The molecule has 1 aliphatic heterocycles. The lowest BCUT2D eigenvalue weighted by Crippen LogP contribution is -2.40. The zero-order valence-corrected chi connectivity index (χ0v) is 16.4. The molecule has 0 unspecified atom stereocenters. The molecule has 1 aromatic heterocycles. The van der Waals surface area contributed by atoms with E-state index in [0.717, 1.165) is 17.1 Å². The van der Waals surface area contributed by atoms with Crippen LogP contribution >= 0.6 is 0 Å². The first-order valence-electron chi connectivity index (χ1n) is 9.25. The van der Waals surface area contributed by atoms with E-state index >= 15 is 0 Å². The monoisotopic (exact) mass is 369 g/mol. The third-order valence-corrected chi connectivity index (χ3v) is 4.71. The number of amides is 2. The Labute approximate surface area is 159 Å². The number of anilines is 1. The molecular formula is C20H27N5O2. The highest BCUT2D eigenvalue weighted by molar-refractivity contribution is 5.95. The molecule has 0 saturated heterocycles. The fourth-order valence-corrected chi connectivity index (χ4v) is 3.16. The molecule has 0 saturated carbocycles. The molecule has 2 aromatic rings. The van der Waals surface area contributed by atoms with Gasteiger partial charge in [0.2, 0.25) is 5.91 Å². The lowest BCUT2D eigenvalue weighted by atomic mass is 10.1. The Hall–Kier alpha value is -2.83. The SMILES string of the molecule is CC(C)C(=O)N1CCn2nc(CNC(=O)c3cccc(N(C)C)c3)cc2C1. The Morgan fingerprint density at radius 2 is 2.00 bits per heavy atom. The largest absolute Gasteiger partial charge is 0.378 e. The van der Waals surface area contributed by atoms with Crippen LogP contribution in [0.5, 0.6) is 0 Å². The molecule has 0 spiro atoms. The number of nitrogens with zero attached hydrogens (tertiary/aromatic N) is 4. The van der Waals surface area contributed by atoms with Crippen LogP contribution < -0.4 is 10.2 Å². The van der Waals surface area contributed by atoms with Crippen molar-refractivity contribution in [3.8, 4) is 0 Å². The van der Waals surface area contributed by atoms with Crippen LogP contribution in [0, 0.1) is 5.92 Å². The van der Waals surface area contributed by atoms with E-state index in [1.165, 1.54) is 0 Å². The highest BCUT2D eigenvalue weighted by Gasteiger charge is 2.23. The van der Waals surface area contributed by atoms with Crippen molar-refractivity contribution in [3.63, 3.8) is 0 Å². The molecule has 0 radical (unpaired) electrons. The van der Waals surface area contributed by atoms with Gasteiger partial charge in [-0.15, -0.1) is 0 Å². The van der Waals surface area contributed by atoms with Crippen LogP contribution in [0.3, 0.4) is 0 Å². The number of rotatable bonds is 5. The second kappa shape index (κ2) is 7.82. The number of carbonyl (C=O) groups is 2. The fourth-order valence-electron chi connectivity index (χ4n) is 3.16. The van der Waals surface area contributed by atoms with Crippen molar-refractivity contribution in [1.29, 1.82) is 0 Å². The quantitative estimate of drug-likeness (QED) is 0.874. The van der Waals surface area contributed by atoms with E-state index in [1.807, 2.05) is 66.7 Å². The standard InChI is InChI=1S/C20H27N5O2/c1-14(2)20(27)24-8-9-25-18(13-24)11-16(22-25)12-21-19(26)15-6-5-7-17(10-15)23(3)4/h5-7,10-11,14H,8-9,12-13H2,1-4H3,(H,21,26). The molecule has 144 valence electrons. The minimum Gasteiger partial charge on any atom is -0.378 e. The highest BCUT2D eigenvalue weighted by atomic mass is 16.2. The summed E-state index contributed by atoms with van der Waals surface area (Å²) in [6, 6.07) is 9.47. The Bertz CT molecular complexity index is 841. The summed E-state index contributed by atoms with van der Waals surface area (Å²) in [5.74, 6) is 0.0375. The Balaban J connectivity index is 1.62. The predicted octanol–water partition coefficient (Wildman–Crippen LogP) is 1.88. The maximum absolute atomic E-state index is 12.4. The lowest BCUT2D eigenvalue weighted by Gasteiger charge is -2.29. The summed E-state index contributed by atoms with van der Waals surface area (Å²) in [6.45, 7) is 6.13. The van der Waals surface area contributed by atoms with Crippen molar-refractivity contribution in [2.75, 3.05) is 25.5 Å². The molecule has 7 nitrogen and oxygen atoms in total. The molecule has 2 heterocycles. The van der Waals surface area contributed by atoms with Crippen LogP contribution in [-0.4, -0.2) is 47.1 Å². The van der Waals surface area contributed by atoms with Crippen molar-refractivity contribution in [2.24, 2.45) is 5.92 Å². The first-order valence-corrected chi connectivity index (χ1v) is 9.25. The third-order valence-electron chi connectivity index (χ3n) is 4.71. The number of hydrogen-bond acceptors (Lipinski definition) is 4. The van der Waals surface area contributed by atoms with Crippen molar-refractivity contribution in [1.82, 2.24) is 20.0 Å². The molecule has 0 fully saturated rings. The van der Waals surface area contributed by atoms with E-state index in [2.05, 4.69) is 10.4 Å². The van der Waals surface area contributed by atoms with Crippen LogP contribution in [0.4, 0.5) is 5.69 Å². The van der Waals surface area contributed by atoms with E-state index in [9.17, 15) is 9.59 Å². The van der Waals surface area contributed by atoms with Gasteiger partial charge in [-0.2, -0.15) is 5.10 Å². The van der Waals surface area contributed by atoms with E-state index < -0.39 is 0 Å². The third kappa shape index (κ3) is 4.30. The number of hydrogen-bond donors (Lipinski definition) is 1. The van der Waals surface area contributed by atoms with Gasteiger partial charge in [0.25, 0.3) is 5.91 Å². The number of nitrogens with one attached hydrogen (secondary N) is 1. The molecule has 1 aromatic carbocycles. The Kier molecular flexibility index (Phi) is 5.48. The van der Waals surface area contributed by atoms with Gasteiger partial charge in [-0.1, -0.05) is 19.9 Å². The summed E-state index contributed by atoms with van der Waals surface area (Å²) < 4.78 is 1.93. The summed E-state index contributed by atoms with van der Waals surface area (Å²) >= 11 is 0. The molecule has 0 atom stereocenters. The van der Waals surface area contributed by atoms with Gasteiger partial charge in [-0.3, -0.25) is 14.3 Å². The highest BCUT2D eigenvalue weighted by Crippen LogP contribution is 2.17. The second-order valence-corrected chi connectivity index (χ2v) is 7.39. The zero-order valence-electron chi connectivity index (χ0n) is 16.4. The minimum atomic E-state index is -0.124. The normalized spacial score (nSPS) is 13.4. The summed E-state index contributed by atoms with van der Waals surface area (Å²) in [5, 5.41) is 7.49. The summed E-state index contributed by atoms with van der Waals surface area (Å²) in [4.78, 5) is 28.5. The molecule has 1 aliphatic rings. The summed E-state index contributed by atoms with van der Waals surface area (Å²) in [6.07, 6.45) is 0. The van der Waals surface area contributed by atoms with E-state index in [0.29, 0.717) is 31.7 Å². The van der Waals surface area contributed by atoms with Gasteiger partial charge in [-0.05, 0) is 24.3 Å². The number of fused-ring (bicyclic) bond motifs is 1. The van der Waals surface area contributed by atoms with Crippen LogP contribution in [0.25, 0.3) is 0 Å². The van der Waals surface area contributed by atoms with Crippen molar-refractivity contribution >= 4 is 17.5 Å². The molecule has 3 rings (SSSR count). The van der Waals surface area contributed by atoms with Gasteiger partial charge >= 0.3 is 0 Å². The maximum atomic E-state index is 12.4. The Morgan fingerprint density at radius 1 is 1.22 bits per heavy atom. The van der Waals surface area contributed by atoms with Gasteiger partial charge in [0.1, 0.15) is 0 Å². The number of benzene rings is 1. The summed E-state index contributed by atoms with van der Waals surface area (Å²) in [5.41, 5.74) is 3.42. The van der Waals surface area contributed by atoms with Gasteiger partial charge in [0, 0.05) is 37.8 Å². The van der Waals surface area contributed by atoms with Gasteiger partial charge in [0.15, 0.2) is 0 Å². The molecule has 2 amide bonds.